The van der Waals surface area contributed by atoms with Crippen molar-refractivity contribution in [2.24, 2.45) is 0 Å². The highest BCUT2D eigenvalue weighted by Crippen LogP contribution is 2.18. The second-order valence-electron chi connectivity index (χ2n) is 6.48. The molecule has 2 aromatic rings. The molecule has 0 aromatic heterocycles. The molecule has 0 aliphatic rings. The van der Waals surface area contributed by atoms with Crippen LogP contribution in [0.5, 0.6) is 0 Å². The molecule has 0 saturated heterocycles. The van der Waals surface area contributed by atoms with Crippen LogP contribution in [0.25, 0.3) is 0 Å². The minimum atomic E-state index is -0.411. The van der Waals surface area contributed by atoms with Gasteiger partial charge >= 0.3 is 5.97 Å². The van der Waals surface area contributed by atoms with Gasteiger partial charge in [-0.25, -0.2) is 4.79 Å². The monoisotopic (exact) mass is 382 g/mol. The number of benzene rings is 2. The molecule has 0 radical (unpaired) electrons. The first kappa shape index (κ1) is 21.2. The number of hydrogen-bond donors (Lipinski definition) is 2. The highest BCUT2D eigenvalue weighted by atomic mass is 16.5. The zero-order chi connectivity index (χ0) is 20.4. The molecule has 0 unspecified atom stereocenters. The summed E-state index contributed by atoms with van der Waals surface area (Å²) in [5.41, 5.74) is 1.87. The molecule has 0 aliphatic carbocycles. The Morgan fingerprint density at radius 2 is 1.68 bits per heavy atom. The molecule has 0 spiro atoms. The van der Waals surface area contributed by atoms with E-state index in [-0.39, 0.29) is 24.2 Å². The molecule has 0 heterocycles. The fourth-order valence-electron chi connectivity index (χ4n) is 2.66. The van der Waals surface area contributed by atoms with Gasteiger partial charge in [0.2, 0.25) is 11.8 Å². The largest absolute Gasteiger partial charge is 0.462 e. The molecule has 0 saturated carbocycles. The van der Waals surface area contributed by atoms with E-state index in [2.05, 4.69) is 10.6 Å². The average molecular weight is 382 g/mol. The maximum absolute atomic E-state index is 12.4. The average Bonchev–Trinajstić information content (AvgIpc) is 2.68. The van der Waals surface area contributed by atoms with Gasteiger partial charge in [-0.05, 0) is 36.2 Å². The molecule has 0 bridgehead atoms. The molecule has 0 fully saturated rings. The standard InChI is InChI=1S/C22H26N2O4/c1-3-4-14-28-22(27)18-10-12-19(13-11-18)24-21(26)15-20(23-16(2)25)17-8-6-5-7-9-17/h5-13,20H,3-4,14-15H2,1-2H3,(H,23,25)(H,24,26)/t20-/m0/s1. The van der Waals surface area contributed by atoms with Crippen molar-refractivity contribution < 1.29 is 19.1 Å². The minimum absolute atomic E-state index is 0.102. The second kappa shape index (κ2) is 10.9. The van der Waals surface area contributed by atoms with Gasteiger partial charge in [0.25, 0.3) is 0 Å². The van der Waals surface area contributed by atoms with Crippen LogP contribution in [0.1, 0.15) is 55.1 Å². The predicted octanol–water partition coefficient (Wildman–Crippen LogP) is 3.85. The molecule has 1 atom stereocenters. The molecule has 0 aliphatic heterocycles. The smallest absolute Gasteiger partial charge is 0.338 e. The Kier molecular flexibility index (Phi) is 8.21. The molecule has 6 nitrogen and oxygen atoms in total. The lowest BCUT2D eigenvalue weighted by molar-refractivity contribution is -0.120. The number of anilines is 1. The summed E-state index contributed by atoms with van der Waals surface area (Å²) >= 11 is 0. The van der Waals surface area contributed by atoms with Gasteiger partial charge in [-0.1, -0.05) is 43.7 Å². The van der Waals surface area contributed by atoms with Crippen LogP contribution in [0.15, 0.2) is 54.6 Å². The molecule has 2 rings (SSSR count). The van der Waals surface area contributed by atoms with Crippen LogP contribution in [-0.4, -0.2) is 24.4 Å². The number of hydrogen-bond acceptors (Lipinski definition) is 4. The summed E-state index contributed by atoms with van der Waals surface area (Å²) < 4.78 is 5.16. The highest BCUT2D eigenvalue weighted by molar-refractivity contribution is 5.93. The van der Waals surface area contributed by atoms with Crippen LogP contribution in [-0.2, 0) is 14.3 Å². The number of esters is 1. The zero-order valence-corrected chi connectivity index (χ0v) is 16.2. The van der Waals surface area contributed by atoms with Crippen LogP contribution in [0, 0.1) is 0 Å². The maximum atomic E-state index is 12.4. The number of ether oxygens (including phenoxy) is 1. The fourth-order valence-corrected chi connectivity index (χ4v) is 2.66. The highest BCUT2D eigenvalue weighted by Gasteiger charge is 2.17. The van der Waals surface area contributed by atoms with Crippen molar-refractivity contribution in [3.8, 4) is 0 Å². The summed E-state index contributed by atoms with van der Waals surface area (Å²) in [5, 5.41) is 5.59. The number of carbonyl (C=O) groups is 3. The normalized spacial score (nSPS) is 11.4. The molecule has 2 N–H and O–H groups in total. The Morgan fingerprint density at radius 1 is 1.00 bits per heavy atom. The van der Waals surface area contributed by atoms with Gasteiger partial charge in [-0.15, -0.1) is 0 Å². The van der Waals surface area contributed by atoms with Gasteiger partial charge in [0, 0.05) is 12.6 Å². The van der Waals surface area contributed by atoms with Crippen LogP contribution < -0.4 is 10.6 Å². The number of amides is 2. The molecule has 2 amide bonds. The van der Waals surface area contributed by atoms with Crippen LogP contribution in [0.2, 0.25) is 0 Å². The molecule has 148 valence electrons. The first-order chi connectivity index (χ1) is 13.5. The first-order valence-electron chi connectivity index (χ1n) is 9.38. The van der Waals surface area contributed by atoms with E-state index in [0.717, 1.165) is 18.4 Å². The van der Waals surface area contributed by atoms with E-state index in [9.17, 15) is 14.4 Å². The Labute approximate surface area is 165 Å². The Morgan fingerprint density at radius 3 is 2.29 bits per heavy atom. The van der Waals surface area contributed by atoms with E-state index >= 15 is 0 Å². The van der Waals surface area contributed by atoms with Crippen molar-refractivity contribution in [2.45, 2.75) is 39.2 Å². The third-order valence-corrected chi connectivity index (χ3v) is 4.10. The van der Waals surface area contributed by atoms with Gasteiger partial charge < -0.3 is 15.4 Å². The van der Waals surface area contributed by atoms with Crippen molar-refractivity contribution in [1.29, 1.82) is 0 Å². The van der Waals surface area contributed by atoms with Gasteiger partial charge in [-0.2, -0.15) is 0 Å². The van der Waals surface area contributed by atoms with Gasteiger partial charge in [0.1, 0.15) is 0 Å². The van der Waals surface area contributed by atoms with Crippen LogP contribution in [0.4, 0.5) is 5.69 Å². The summed E-state index contributed by atoms with van der Waals surface area (Å²) in [5.74, 6) is -0.811. The molecule has 6 heteroatoms. The SMILES string of the molecule is CCCCOC(=O)c1ccc(NC(=O)C[C@H](NC(C)=O)c2ccccc2)cc1. The van der Waals surface area contributed by atoms with Crippen molar-refractivity contribution in [3.05, 3.63) is 65.7 Å². The van der Waals surface area contributed by atoms with Crippen LogP contribution >= 0.6 is 0 Å². The molecular formula is C22H26N2O4. The topological polar surface area (TPSA) is 84.5 Å². The second-order valence-corrected chi connectivity index (χ2v) is 6.48. The van der Waals surface area contributed by atoms with Crippen molar-refractivity contribution in [2.75, 3.05) is 11.9 Å². The maximum Gasteiger partial charge on any atom is 0.338 e. The van der Waals surface area contributed by atoms with E-state index in [4.69, 9.17) is 4.74 Å². The van der Waals surface area contributed by atoms with E-state index in [1.54, 1.807) is 24.3 Å². The summed E-state index contributed by atoms with van der Waals surface area (Å²) in [7, 11) is 0. The number of rotatable bonds is 9. The zero-order valence-electron chi connectivity index (χ0n) is 16.2. The Hall–Kier alpha value is -3.15. The van der Waals surface area contributed by atoms with Gasteiger partial charge in [-0.3, -0.25) is 9.59 Å². The van der Waals surface area contributed by atoms with Crippen LogP contribution in [0.3, 0.4) is 0 Å². The summed E-state index contributed by atoms with van der Waals surface area (Å²) in [6, 6.07) is 15.5. The lowest BCUT2D eigenvalue weighted by Gasteiger charge is -2.18. The first-order valence-corrected chi connectivity index (χ1v) is 9.38. The van der Waals surface area contributed by atoms with E-state index in [1.165, 1.54) is 6.92 Å². The van der Waals surface area contributed by atoms with E-state index < -0.39 is 6.04 Å². The third kappa shape index (κ3) is 6.87. The van der Waals surface area contributed by atoms with Crippen molar-refractivity contribution in [1.82, 2.24) is 5.32 Å². The fraction of sp³-hybridized carbons (Fsp3) is 0.318. The number of nitrogens with one attached hydrogen (secondary N) is 2. The molecular weight excluding hydrogens is 356 g/mol. The Bertz CT molecular complexity index is 788. The summed E-state index contributed by atoms with van der Waals surface area (Å²) in [4.78, 5) is 35.8. The quantitative estimate of drug-likeness (QED) is 0.510. The van der Waals surface area contributed by atoms with Crippen molar-refractivity contribution >= 4 is 23.5 Å². The molecule has 2 aromatic carbocycles. The minimum Gasteiger partial charge on any atom is -0.462 e. The predicted molar refractivity (Wildman–Crippen MR) is 108 cm³/mol. The van der Waals surface area contributed by atoms with Crippen molar-refractivity contribution in [3.63, 3.8) is 0 Å². The summed E-state index contributed by atoms with van der Waals surface area (Å²) in [6.07, 6.45) is 1.89. The van der Waals surface area contributed by atoms with E-state index in [1.807, 2.05) is 37.3 Å². The number of unbranched alkanes of at least 4 members (excludes halogenated alkanes) is 1. The summed E-state index contributed by atoms with van der Waals surface area (Å²) in [6.45, 7) is 3.85. The lowest BCUT2D eigenvalue weighted by atomic mass is 10.0. The third-order valence-electron chi connectivity index (χ3n) is 4.10. The molecule has 28 heavy (non-hydrogen) atoms. The van der Waals surface area contributed by atoms with E-state index in [0.29, 0.717) is 17.9 Å². The lowest BCUT2D eigenvalue weighted by Crippen LogP contribution is -2.29. The van der Waals surface area contributed by atoms with Gasteiger partial charge in [0.15, 0.2) is 0 Å². The van der Waals surface area contributed by atoms with Gasteiger partial charge in [0.05, 0.1) is 24.6 Å². The Balaban J connectivity index is 1.95. The number of carbonyl (C=O) groups excluding carboxylic acids is 3.